The van der Waals surface area contributed by atoms with Gasteiger partial charge in [0.15, 0.2) is 0 Å². The lowest BCUT2D eigenvalue weighted by molar-refractivity contribution is -0.383. The number of carbonyl (C=O) groups excluding carboxylic acids is 1. The molecular formula is C23H22ClN3O4. The van der Waals surface area contributed by atoms with Crippen LogP contribution in [-0.4, -0.2) is 20.9 Å². The first-order valence-corrected chi connectivity index (χ1v) is 10.6. The van der Waals surface area contributed by atoms with Crippen molar-refractivity contribution in [1.29, 1.82) is 0 Å². The number of phenolic OH excluding ortho intramolecular Hbond substituents is 1. The number of aromatic nitrogens is 1. The van der Waals surface area contributed by atoms with E-state index in [1.54, 1.807) is 30.3 Å². The smallest absolute Gasteiger partial charge is 0.279 e. The minimum atomic E-state index is -0.853. The summed E-state index contributed by atoms with van der Waals surface area (Å²) in [6, 6.07) is 10.5. The van der Waals surface area contributed by atoms with Gasteiger partial charge >= 0.3 is 0 Å². The molecule has 31 heavy (non-hydrogen) atoms. The summed E-state index contributed by atoms with van der Waals surface area (Å²) in [5.74, 6) is -0.489. The Hall–Kier alpha value is -3.19. The number of nitro benzene ring substituents is 1. The Bertz CT molecular complexity index is 1140. The van der Waals surface area contributed by atoms with Crippen molar-refractivity contribution >= 4 is 34.1 Å². The molecule has 0 radical (unpaired) electrons. The number of aromatic hydroxyl groups is 1. The van der Waals surface area contributed by atoms with E-state index >= 15 is 0 Å². The maximum Gasteiger partial charge on any atom is 0.279 e. The Kier molecular flexibility index (Phi) is 6.04. The van der Waals surface area contributed by atoms with Gasteiger partial charge in [-0.3, -0.25) is 19.9 Å². The predicted octanol–water partition coefficient (Wildman–Crippen LogP) is 5.29. The molecule has 1 heterocycles. The molecule has 0 bridgehead atoms. The Morgan fingerprint density at radius 1 is 1.16 bits per heavy atom. The summed E-state index contributed by atoms with van der Waals surface area (Å²) in [6.07, 6.45) is 6.15. The van der Waals surface area contributed by atoms with Gasteiger partial charge in [0.2, 0.25) is 5.91 Å². The maximum atomic E-state index is 13.1. The molecular weight excluding hydrogens is 418 g/mol. The zero-order valence-electron chi connectivity index (χ0n) is 16.8. The molecule has 2 aromatic carbocycles. The molecule has 0 unspecified atom stereocenters. The molecule has 2 N–H and O–H groups in total. The number of phenols is 1. The first-order valence-electron chi connectivity index (χ1n) is 10.3. The Morgan fingerprint density at radius 2 is 1.90 bits per heavy atom. The van der Waals surface area contributed by atoms with E-state index in [4.69, 9.17) is 11.6 Å². The van der Waals surface area contributed by atoms with Crippen LogP contribution in [0.4, 0.5) is 5.69 Å². The van der Waals surface area contributed by atoms with Crippen LogP contribution >= 0.6 is 11.6 Å². The van der Waals surface area contributed by atoms with E-state index in [1.165, 1.54) is 18.3 Å². The third kappa shape index (κ3) is 4.18. The minimum absolute atomic E-state index is 0.107. The highest BCUT2D eigenvalue weighted by Gasteiger charge is 2.30. The van der Waals surface area contributed by atoms with Crippen LogP contribution in [0.5, 0.6) is 5.75 Å². The Labute approximate surface area is 184 Å². The quantitative estimate of drug-likeness (QED) is 0.415. The zero-order chi connectivity index (χ0) is 22.0. The molecule has 1 amide bonds. The van der Waals surface area contributed by atoms with Gasteiger partial charge in [0.05, 0.1) is 16.4 Å². The van der Waals surface area contributed by atoms with Gasteiger partial charge in [-0.25, -0.2) is 0 Å². The molecule has 1 saturated carbocycles. The van der Waals surface area contributed by atoms with Crippen LogP contribution in [0.3, 0.4) is 0 Å². The number of benzene rings is 2. The number of hydrogen-bond acceptors (Lipinski definition) is 5. The van der Waals surface area contributed by atoms with Crippen molar-refractivity contribution < 1.29 is 14.8 Å². The zero-order valence-corrected chi connectivity index (χ0v) is 17.5. The highest BCUT2D eigenvalue weighted by molar-refractivity contribution is 6.31. The number of nitrogens with one attached hydrogen (secondary N) is 1. The number of pyridine rings is 1. The molecule has 1 aromatic heterocycles. The number of hydrogen-bond donors (Lipinski definition) is 2. The van der Waals surface area contributed by atoms with Crippen molar-refractivity contribution in [1.82, 2.24) is 10.3 Å². The van der Waals surface area contributed by atoms with E-state index in [1.807, 2.05) is 0 Å². The number of fused-ring (bicyclic) bond motifs is 1. The standard InChI is InChI=1S/C23H22ClN3O4/c24-18-11-5-4-9-15(18)20(26-23(29)14-7-2-1-3-8-14)17-13-19(27(30)31)16-10-6-12-25-21(16)22(17)28/h4-6,9-14,20,28H,1-3,7-8H2,(H,26,29)/t20-/m0/s1. The molecule has 160 valence electrons. The normalized spacial score (nSPS) is 15.5. The van der Waals surface area contributed by atoms with Crippen LogP contribution in [-0.2, 0) is 4.79 Å². The van der Waals surface area contributed by atoms with Crippen molar-refractivity contribution in [3.05, 3.63) is 74.9 Å². The Balaban J connectivity index is 1.86. The summed E-state index contributed by atoms with van der Waals surface area (Å²) in [6.45, 7) is 0. The number of carbonyl (C=O) groups is 1. The predicted molar refractivity (Wildman–Crippen MR) is 118 cm³/mol. The number of nitrogens with zero attached hydrogens (tertiary/aromatic N) is 2. The van der Waals surface area contributed by atoms with Gasteiger partial charge in [-0.1, -0.05) is 49.1 Å². The summed E-state index contributed by atoms with van der Waals surface area (Å²) in [7, 11) is 0. The molecule has 0 saturated heterocycles. The third-order valence-corrected chi connectivity index (χ3v) is 6.20. The van der Waals surface area contributed by atoms with Crippen LogP contribution in [0.15, 0.2) is 48.7 Å². The fraction of sp³-hybridized carbons (Fsp3) is 0.304. The topological polar surface area (TPSA) is 105 Å². The van der Waals surface area contributed by atoms with Crippen molar-refractivity contribution in [2.45, 2.75) is 38.1 Å². The van der Waals surface area contributed by atoms with Crippen molar-refractivity contribution in [2.75, 3.05) is 0 Å². The largest absolute Gasteiger partial charge is 0.505 e. The number of nitro groups is 1. The second-order valence-corrected chi connectivity index (χ2v) is 8.20. The van der Waals surface area contributed by atoms with Gasteiger partial charge in [-0.05, 0) is 36.6 Å². The molecule has 3 aromatic rings. The molecule has 1 atom stereocenters. The average molecular weight is 440 g/mol. The van der Waals surface area contributed by atoms with Gasteiger partial charge in [0.25, 0.3) is 5.69 Å². The monoisotopic (exact) mass is 439 g/mol. The van der Waals surface area contributed by atoms with Crippen LogP contribution in [0.1, 0.15) is 49.3 Å². The summed E-state index contributed by atoms with van der Waals surface area (Å²) in [4.78, 5) is 28.5. The molecule has 1 aliphatic rings. The van der Waals surface area contributed by atoms with Crippen molar-refractivity contribution in [3.8, 4) is 5.75 Å². The highest BCUT2D eigenvalue weighted by Crippen LogP contribution is 2.41. The van der Waals surface area contributed by atoms with Crippen LogP contribution in [0.25, 0.3) is 10.9 Å². The summed E-state index contributed by atoms with van der Waals surface area (Å²) < 4.78 is 0. The second kappa shape index (κ2) is 8.89. The fourth-order valence-corrected chi connectivity index (χ4v) is 4.50. The summed E-state index contributed by atoms with van der Waals surface area (Å²) in [5, 5.41) is 26.4. The van der Waals surface area contributed by atoms with E-state index in [-0.39, 0.29) is 39.7 Å². The van der Waals surface area contributed by atoms with Gasteiger partial charge in [0.1, 0.15) is 11.3 Å². The van der Waals surface area contributed by atoms with Gasteiger partial charge in [-0.2, -0.15) is 0 Å². The molecule has 0 spiro atoms. The van der Waals surface area contributed by atoms with Gasteiger partial charge in [-0.15, -0.1) is 0 Å². The molecule has 8 heteroatoms. The van der Waals surface area contributed by atoms with E-state index in [9.17, 15) is 20.0 Å². The molecule has 1 fully saturated rings. The first-order chi connectivity index (χ1) is 15.0. The lowest BCUT2D eigenvalue weighted by Gasteiger charge is -2.26. The van der Waals surface area contributed by atoms with E-state index in [0.29, 0.717) is 10.6 Å². The second-order valence-electron chi connectivity index (χ2n) is 7.79. The van der Waals surface area contributed by atoms with E-state index in [2.05, 4.69) is 10.3 Å². The minimum Gasteiger partial charge on any atom is -0.505 e. The van der Waals surface area contributed by atoms with Crippen LogP contribution in [0.2, 0.25) is 5.02 Å². The number of amides is 1. The summed E-state index contributed by atoms with van der Waals surface area (Å²) >= 11 is 6.43. The SMILES string of the molecule is O=C(N[C@@H](c1ccccc1Cl)c1cc([N+](=O)[O-])c2cccnc2c1O)C1CCCCC1. The van der Waals surface area contributed by atoms with E-state index < -0.39 is 11.0 Å². The van der Waals surface area contributed by atoms with Crippen molar-refractivity contribution in [3.63, 3.8) is 0 Å². The number of halogens is 1. The third-order valence-electron chi connectivity index (χ3n) is 5.86. The average Bonchev–Trinajstić information content (AvgIpc) is 2.79. The van der Waals surface area contributed by atoms with E-state index in [0.717, 1.165) is 32.1 Å². The van der Waals surface area contributed by atoms with Gasteiger partial charge in [0, 0.05) is 28.8 Å². The number of non-ortho nitro benzene ring substituents is 1. The Morgan fingerprint density at radius 3 is 2.61 bits per heavy atom. The van der Waals surface area contributed by atoms with Crippen LogP contribution < -0.4 is 5.32 Å². The maximum absolute atomic E-state index is 13.1. The lowest BCUT2D eigenvalue weighted by atomic mass is 9.87. The fourth-order valence-electron chi connectivity index (χ4n) is 4.26. The van der Waals surface area contributed by atoms with Crippen LogP contribution in [0, 0.1) is 16.0 Å². The molecule has 7 nitrogen and oxygen atoms in total. The molecule has 1 aliphatic carbocycles. The molecule has 0 aliphatic heterocycles. The molecule has 4 rings (SSSR count). The summed E-state index contributed by atoms with van der Waals surface area (Å²) in [5.41, 5.74) is 0.652. The lowest BCUT2D eigenvalue weighted by Crippen LogP contribution is -2.35. The van der Waals surface area contributed by atoms with Crippen molar-refractivity contribution in [2.24, 2.45) is 5.92 Å². The van der Waals surface area contributed by atoms with Gasteiger partial charge < -0.3 is 10.4 Å². The highest BCUT2D eigenvalue weighted by atomic mass is 35.5. The first kappa shape index (κ1) is 21.1. The number of rotatable bonds is 5.